The number of rotatable bonds is 8. The lowest BCUT2D eigenvalue weighted by Gasteiger charge is -2.30. The molecule has 1 aliphatic heterocycles. The zero-order valence-corrected chi connectivity index (χ0v) is 21.6. The van der Waals surface area contributed by atoms with Gasteiger partial charge < -0.3 is 4.90 Å². The average molecular weight is 501 g/mol. The number of benzene rings is 2. The zero-order chi connectivity index (χ0) is 24.3. The number of sulfonamides is 1. The smallest absolute Gasteiger partial charge is 0.260 e. The quantitative estimate of drug-likeness (QED) is 0.461. The van der Waals surface area contributed by atoms with Crippen LogP contribution in [0.5, 0.6) is 0 Å². The molecule has 182 valence electrons. The molecule has 1 amide bonds. The fourth-order valence-corrected chi connectivity index (χ4v) is 6.83. The Kier molecular flexibility index (Phi) is 7.67. The van der Waals surface area contributed by atoms with E-state index in [1.54, 1.807) is 33.5 Å². The van der Waals surface area contributed by atoms with Crippen molar-refractivity contribution in [2.45, 2.75) is 31.1 Å². The normalized spacial score (nSPS) is 17.4. The summed E-state index contributed by atoms with van der Waals surface area (Å²) in [5.74, 6) is 0.183. The molecule has 0 saturated carbocycles. The zero-order valence-electron chi connectivity index (χ0n) is 20.0. The van der Waals surface area contributed by atoms with Crippen LogP contribution in [0.15, 0.2) is 53.4 Å². The van der Waals surface area contributed by atoms with Crippen molar-refractivity contribution in [1.29, 1.82) is 0 Å². The van der Waals surface area contributed by atoms with Gasteiger partial charge in [-0.25, -0.2) is 13.4 Å². The molecule has 7 nitrogen and oxygen atoms in total. The van der Waals surface area contributed by atoms with E-state index in [0.29, 0.717) is 36.2 Å². The summed E-state index contributed by atoms with van der Waals surface area (Å²) in [5, 5.41) is 0.656. The highest BCUT2D eigenvalue weighted by atomic mass is 32.2. The molecule has 1 unspecified atom stereocenters. The van der Waals surface area contributed by atoms with Gasteiger partial charge in [0, 0.05) is 25.2 Å². The molecule has 1 aliphatic rings. The van der Waals surface area contributed by atoms with Gasteiger partial charge in [0.2, 0.25) is 10.0 Å². The van der Waals surface area contributed by atoms with Crippen LogP contribution in [-0.2, 0) is 10.0 Å². The highest BCUT2D eigenvalue weighted by Crippen LogP contribution is 2.30. The van der Waals surface area contributed by atoms with Gasteiger partial charge in [-0.05, 0) is 82.2 Å². The molecular formula is C25H32N4O3S2. The second kappa shape index (κ2) is 10.5. The minimum absolute atomic E-state index is 0.173. The van der Waals surface area contributed by atoms with E-state index in [4.69, 9.17) is 0 Å². The summed E-state index contributed by atoms with van der Waals surface area (Å²) in [6.07, 6.45) is 2.73. The Morgan fingerprint density at radius 2 is 1.85 bits per heavy atom. The Balaban J connectivity index is 1.58. The summed E-state index contributed by atoms with van der Waals surface area (Å²) in [6.45, 7) is 4.55. The van der Waals surface area contributed by atoms with Crippen LogP contribution in [0.2, 0.25) is 0 Å². The van der Waals surface area contributed by atoms with Crippen LogP contribution in [0.4, 0.5) is 5.13 Å². The summed E-state index contributed by atoms with van der Waals surface area (Å²) in [7, 11) is 0.454. The SMILES string of the molecule is CC1CCCN(S(=O)(=O)c2ccc(C(=O)N(CCCN(C)C)c3nc4ccccc4s3)cc2)C1. The average Bonchev–Trinajstić information content (AvgIpc) is 3.25. The van der Waals surface area contributed by atoms with Crippen LogP contribution >= 0.6 is 11.3 Å². The summed E-state index contributed by atoms with van der Waals surface area (Å²) >= 11 is 1.49. The first-order valence-electron chi connectivity index (χ1n) is 11.7. The molecule has 1 fully saturated rings. The van der Waals surface area contributed by atoms with Gasteiger partial charge in [0.25, 0.3) is 5.91 Å². The van der Waals surface area contributed by atoms with Gasteiger partial charge in [-0.3, -0.25) is 9.69 Å². The topological polar surface area (TPSA) is 73.8 Å². The fourth-order valence-electron chi connectivity index (χ4n) is 4.24. The number of piperidine rings is 1. The second-order valence-electron chi connectivity index (χ2n) is 9.21. The van der Waals surface area contributed by atoms with Crippen molar-refractivity contribution in [1.82, 2.24) is 14.2 Å². The molecule has 2 aromatic carbocycles. The number of hydrogen-bond acceptors (Lipinski definition) is 6. The van der Waals surface area contributed by atoms with Gasteiger partial charge in [-0.1, -0.05) is 30.4 Å². The third-order valence-electron chi connectivity index (χ3n) is 6.10. The lowest BCUT2D eigenvalue weighted by Crippen LogP contribution is -2.39. The van der Waals surface area contributed by atoms with Crippen LogP contribution in [0.25, 0.3) is 10.2 Å². The van der Waals surface area contributed by atoms with Gasteiger partial charge in [0.15, 0.2) is 5.13 Å². The Morgan fingerprint density at radius 1 is 1.12 bits per heavy atom. The van der Waals surface area contributed by atoms with E-state index in [1.807, 2.05) is 38.4 Å². The number of carbonyl (C=O) groups excluding carboxylic acids is 1. The van der Waals surface area contributed by atoms with Crippen molar-refractivity contribution in [2.75, 3.05) is 45.2 Å². The monoisotopic (exact) mass is 500 g/mol. The van der Waals surface area contributed by atoms with Crippen molar-refractivity contribution in [2.24, 2.45) is 5.92 Å². The number of hydrogen-bond donors (Lipinski definition) is 0. The van der Waals surface area contributed by atoms with Crippen LogP contribution in [-0.4, -0.2) is 68.8 Å². The first-order chi connectivity index (χ1) is 16.3. The van der Waals surface area contributed by atoms with Crippen molar-refractivity contribution in [3.63, 3.8) is 0 Å². The Bertz CT molecular complexity index is 1210. The van der Waals surface area contributed by atoms with Crippen LogP contribution in [0.3, 0.4) is 0 Å². The Hall–Kier alpha value is -2.33. The molecule has 34 heavy (non-hydrogen) atoms. The van der Waals surface area contributed by atoms with Crippen LogP contribution < -0.4 is 4.90 Å². The first-order valence-corrected chi connectivity index (χ1v) is 13.9. The molecule has 1 atom stereocenters. The summed E-state index contributed by atoms with van der Waals surface area (Å²) in [5.41, 5.74) is 1.32. The number of thiazole rings is 1. The number of fused-ring (bicyclic) bond motifs is 1. The van der Waals surface area contributed by atoms with Gasteiger partial charge >= 0.3 is 0 Å². The lowest BCUT2D eigenvalue weighted by molar-refractivity contribution is 0.0986. The number of carbonyl (C=O) groups is 1. The minimum atomic E-state index is -3.56. The van der Waals surface area contributed by atoms with Gasteiger partial charge in [-0.15, -0.1) is 0 Å². The van der Waals surface area contributed by atoms with E-state index >= 15 is 0 Å². The second-order valence-corrected chi connectivity index (χ2v) is 12.2. The molecular weight excluding hydrogens is 468 g/mol. The first kappa shape index (κ1) is 24.8. The van der Waals surface area contributed by atoms with E-state index < -0.39 is 10.0 Å². The van der Waals surface area contributed by atoms with E-state index in [1.165, 1.54) is 11.3 Å². The highest BCUT2D eigenvalue weighted by Gasteiger charge is 2.29. The fraction of sp³-hybridized carbons (Fsp3) is 0.440. The molecule has 9 heteroatoms. The molecule has 0 aliphatic carbocycles. The highest BCUT2D eigenvalue weighted by molar-refractivity contribution is 7.89. The summed E-state index contributed by atoms with van der Waals surface area (Å²) in [4.78, 5) is 22.2. The number of anilines is 1. The summed E-state index contributed by atoms with van der Waals surface area (Å²) in [6, 6.07) is 14.2. The van der Waals surface area contributed by atoms with E-state index in [-0.39, 0.29) is 10.8 Å². The maximum atomic E-state index is 13.5. The molecule has 1 aromatic heterocycles. The van der Waals surface area contributed by atoms with E-state index in [9.17, 15) is 13.2 Å². The van der Waals surface area contributed by atoms with Crippen molar-refractivity contribution < 1.29 is 13.2 Å². The lowest BCUT2D eigenvalue weighted by atomic mass is 10.0. The predicted molar refractivity (Wildman–Crippen MR) is 138 cm³/mol. The molecule has 2 heterocycles. The third kappa shape index (κ3) is 5.49. The number of aromatic nitrogens is 1. The maximum absolute atomic E-state index is 13.5. The van der Waals surface area contributed by atoms with Gasteiger partial charge in [0.1, 0.15) is 0 Å². The summed E-state index contributed by atoms with van der Waals surface area (Å²) < 4.78 is 28.8. The molecule has 0 N–H and O–H groups in total. The molecule has 3 aromatic rings. The van der Waals surface area contributed by atoms with Crippen LogP contribution in [0, 0.1) is 5.92 Å². The van der Waals surface area contributed by atoms with Gasteiger partial charge in [0.05, 0.1) is 15.1 Å². The van der Waals surface area contributed by atoms with Crippen molar-refractivity contribution in [3.8, 4) is 0 Å². The molecule has 1 saturated heterocycles. The van der Waals surface area contributed by atoms with Gasteiger partial charge in [-0.2, -0.15) is 4.31 Å². The van der Waals surface area contributed by atoms with Crippen molar-refractivity contribution in [3.05, 3.63) is 54.1 Å². The Labute approximate surface area is 206 Å². The number of nitrogens with zero attached hydrogens (tertiary/aromatic N) is 4. The molecule has 0 spiro atoms. The Morgan fingerprint density at radius 3 is 2.53 bits per heavy atom. The molecule has 4 rings (SSSR count). The van der Waals surface area contributed by atoms with E-state index in [0.717, 1.165) is 36.0 Å². The molecule has 0 bridgehead atoms. The maximum Gasteiger partial charge on any atom is 0.260 e. The number of amides is 1. The predicted octanol–water partition coefficient (Wildman–Crippen LogP) is 4.32. The minimum Gasteiger partial charge on any atom is -0.309 e. The third-order valence-corrected chi connectivity index (χ3v) is 9.04. The van der Waals surface area contributed by atoms with E-state index in [2.05, 4.69) is 16.8 Å². The largest absolute Gasteiger partial charge is 0.309 e. The van der Waals surface area contributed by atoms with Crippen molar-refractivity contribution >= 4 is 42.6 Å². The van der Waals surface area contributed by atoms with Crippen LogP contribution in [0.1, 0.15) is 36.5 Å². The molecule has 0 radical (unpaired) electrons. The standard InChI is InChI=1S/C25H32N4O3S2/c1-19-8-6-16-28(18-19)34(31,32)21-13-11-20(12-14-21)24(30)29(17-7-15-27(2)3)25-26-22-9-4-5-10-23(22)33-25/h4-5,9-14,19H,6-8,15-18H2,1-3H3. The number of para-hydroxylation sites is 1.